The number of benzene rings is 1. The highest BCUT2D eigenvalue weighted by Gasteiger charge is 2.13. The Bertz CT molecular complexity index is 386. The van der Waals surface area contributed by atoms with Crippen molar-refractivity contribution in [3.05, 3.63) is 34.1 Å². The van der Waals surface area contributed by atoms with E-state index in [-0.39, 0.29) is 11.9 Å². The van der Waals surface area contributed by atoms with E-state index in [0.29, 0.717) is 10.0 Å². The van der Waals surface area contributed by atoms with E-state index < -0.39 is 5.82 Å². The fraction of sp³-hybridized carbons (Fsp3) is 0.364. The topological polar surface area (TPSA) is 29.1 Å². The lowest BCUT2D eigenvalue weighted by Gasteiger charge is -2.13. The molecular weight excluding hydrogens is 293 g/mol. The molecule has 2 nitrogen and oxygen atoms in total. The summed E-state index contributed by atoms with van der Waals surface area (Å²) in [7, 11) is 0. The number of hydrogen-bond acceptors (Lipinski definition) is 2. The third kappa shape index (κ3) is 3.79. The van der Waals surface area contributed by atoms with E-state index in [1.165, 1.54) is 18.2 Å². The summed E-state index contributed by atoms with van der Waals surface area (Å²) in [6.07, 6.45) is 1.97. The van der Waals surface area contributed by atoms with Gasteiger partial charge in [-0.25, -0.2) is 4.39 Å². The highest BCUT2D eigenvalue weighted by atomic mass is 79.9. The van der Waals surface area contributed by atoms with Crippen molar-refractivity contribution in [1.82, 2.24) is 5.32 Å². The van der Waals surface area contributed by atoms with Crippen LogP contribution in [0, 0.1) is 5.82 Å². The van der Waals surface area contributed by atoms with Gasteiger partial charge in [0.25, 0.3) is 5.91 Å². The fourth-order valence-corrected chi connectivity index (χ4v) is 2.27. The zero-order chi connectivity index (χ0) is 12.1. The first kappa shape index (κ1) is 13.5. The largest absolute Gasteiger partial charge is 0.349 e. The van der Waals surface area contributed by atoms with E-state index in [9.17, 15) is 9.18 Å². The van der Waals surface area contributed by atoms with Crippen LogP contribution in [0.2, 0.25) is 0 Å². The van der Waals surface area contributed by atoms with Gasteiger partial charge in [0.2, 0.25) is 0 Å². The van der Waals surface area contributed by atoms with Crippen molar-refractivity contribution in [3.8, 4) is 0 Å². The monoisotopic (exact) mass is 305 g/mol. The minimum atomic E-state index is -0.411. The number of carbonyl (C=O) groups excluding carboxylic acids is 1. The molecule has 0 aliphatic rings. The Kier molecular flexibility index (Phi) is 5.28. The lowest BCUT2D eigenvalue weighted by molar-refractivity contribution is 0.0942. The van der Waals surface area contributed by atoms with E-state index in [1.54, 1.807) is 11.8 Å². The van der Waals surface area contributed by atoms with Gasteiger partial charge in [0.15, 0.2) is 0 Å². The minimum absolute atomic E-state index is 0.0673. The van der Waals surface area contributed by atoms with Gasteiger partial charge in [-0.3, -0.25) is 4.79 Å². The van der Waals surface area contributed by atoms with Gasteiger partial charge in [-0.05, 0) is 47.3 Å². The lowest BCUT2D eigenvalue weighted by Crippen LogP contribution is -2.34. The van der Waals surface area contributed by atoms with Crippen molar-refractivity contribution in [1.29, 1.82) is 0 Å². The van der Waals surface area contributed by atoms with Gasteiger partial charge in [0.05, 0.1) is 5.56 Å². The maximum atomic E-state index is 13.0. The summed E-state index contributed by atoms with van der Waals surface area (Å²) >= 11 is 4.88. The van der Waals surface area contributed by atoms with Crippen LogP contribution in [0.3, 0.4) is 0 Å². The highest BCUT2D eigenvalue weighted by molar-refractivity contribution is 9.10. The van der Waals surface area contributed by atoms with Crippen LogP contribution in [0.1, 0.15) is 17.3 Å². The van der Waals surface area contributed by atoms with Crippen molar-refractivity contribution in [2.24, 2.45) is 0 Å². The molecule has 88 valence electrons. The summed E-state index contributed by atoms with van der Waals surface area (Å²) in [5.74, 6) is 0.164. The Morgan fingerprint density at radius 2 is 2.31 bits per heavy atom. The van der Waals surface area contributed by atoms with Crippen LogP contribution < -0.4 is 5.32 Å². The molecule has 0 bridgehead atoms. The second-order valence-electron chi connectivity index (χ2n) is 3.45. The molecule has 0 aromatic heterocycles. The molecule has 0 saturated heterocycles. The molecular formula is C11H13BrFNOS. The first-order valence-electron chi connectivity index (χ1n) is 4.79. The number of rotatable bonds is 4. The molecule has 0 heterocycles. The molecule has 1 amide bonds. The smallest absolute Gasteiger partial charge is 0.252 e. The second kappa shape index (κ2) is 6.25. The quantitative estimate of drug-likeness (QED) is 0.926. The molecule has 0 aliphatic heterocycles. The molecule has 1 unspecified atom stereocenters. The number of carbonyl (C=O) groups is 1. The van der Waals surface area contributed by atoms with Crippen LogP contribution in [-0.2, 0) is 0 Å². The molecule has 0 aliphatic carbocycles. The number of amides is 1. The van der Waals surface area contributed by atoms with E-state index in [0.717, 1.165) is 5.75 Å². The van der Waals surface area contributed by atoms with Crippen molar-refractivity contribution >= 4 is 33.6 Å². The van der Waals surface area contributed by atoms with E-state index in [4.69, 9.17) is 0 Å². The number of nitrogens with one attached hydrogen (secondary N) is 1. The Hall–Kier alpha value is -0.550. The number of halogens is 2. The maximum Gasteiger partial charge on any atom is 0.252 e. The molecule has 0 radical (unpaired) electrons. The van der Waals surface area contributed by atoms with Crippen molar-refractivity contribution in [3.63, 3.8) is 0 Å². The lowest BCUT2D eigenvalue weighted by atomic mass is 10.2. The van der Waals surface area contributed by atoms with Crippen molar-refractivity contribution < 1.29 is 9.18 Å². The molecule has 1 N–H and O–H groups in total. The van der Waals surface area contributed by atoms with E-state index in [2.05, 4.69) is 21.2 Å². The predicted octanol–water partition coefficient (Wildman–Crippen LogP) is 3.07. The summed E-state index contributed by atoms with van der Waals surface area (Å²) in [5, 5.41) is 2.81. The fourth-order valence-electron chi connectivity index (χ4n) is 1.26. The molecule has 0 fully saturated rings. The third-order valence-corrected chi connectivity index (χ3v) is 3.49. The Morgan fingerprint density at radius 3 is 2.94 bits per heavy atom. The summed E-state index contributed by atoms with van der Waals surface area (Å²) in [4.78, 5) is 11.8. The van der Waals surface area contributed by atoms with Crippen LogP contribution in [0.15, 0.2) is 22.7 Å². The maximum absolute atomic E-state index is 13.0. The standard InChI is InChI=1S/C11H13BrFNOS/c1-7(6-16-2)14-11(15)9-5-8(13)3-4-10(9)12/h3-5,7H,6H2,1-2H3,(H,14,15). The van der Waals surface area contributed by atoms with Crippen LogP contribution in [0.5, 0.6) is 0 Å². The Balaban J connectivity index is 2.76. The summed E-state index contributed by atoms with van der Waals surface area (Å²) in [6.45, 7) is 1.92. The van der Waals surface area contributed by atoms with Gasteiger partial charge >= 0.3 is 0 Å². The minimum Gasteiger partial charge on any atom is -0.349 e. The first-order chi connectivity index (χ1) is 7.54. The van der Waals surface area contributed by atoms with Gasteiger partial charge in [-0.2, -0.15) is 11.8 Å². The molecule has 5 heteroatoms. The SMILES string of the molecule is CSCC(C)NC(=O)c1cc(F)ccc1Br. The van der Waals surface area contributed by atoms with E-state index in [1.807, 2.05) is 13.2 Å². The molecule has 1 rings (SSSR count). The predicted molar refractivity (Wildman–Crippen MR) is 69.4 cm³/mol. The number of thioether (sulfide) groups is 1. The van der Waals surface area contributed by atoms with Gasteiger partial charge in [-0.15, -0.1) is 0 Å². The highest BCUT2D eigenvalue weighted by Crippen LogP contribution is 2.17. The summed E-state index contributed by atoms with van der Waals surface area (Å²) in [6, 6.07) is 4.14. The molecule has 1 atom stereocenters. The van der Waals surface area contributed by atoms with Gasteiger partial charge in [0.1, 0.15) is 5.82 Å². The first-order valence-corrected chi connectivity index (χ1v) is 6.98. The molecule has 0 spiro atoms. The van der Waals surface area contributed by atoms with E-state index >= 15 is 0 Å². The van der Waals surface area contributed by atoms with Crippen LogP contribution in [0.25, 0.3) is 0 Å². The van der Waals surface area contributed by atoms with Crippen LogP contribution in [-0.4, -0.2) is 24.0 Å². The average molecular weight is 306 g/mol. The second-order valence-corrected chi connectivity index (χ2v) is 5.22. The molecule has 1 aromatic rings. The van der Waals surface area contributed by atoms with Crippen LogP contribution in [0.4, 0.5) is 4.39 Å². The van der Waals surface area contributed by atoms with Gasteiger partial charge in [0, 0.05) is 16.3 Å². The van der Waals surface area contributed by atoms with Gasteiger partial charge in [-0.1, -0.05) is 0 Å². The number of hydrogen-bond donors (Lipinski definition) is 1. The molecule has 0 saturated carbocycles. The Morgan fingerprint density at radius 1 is 1.62 bits per heavy atom. The van der Waals surface area contributed by atoms with Crippen molar-refractivity contribution in [2.45, 2.75) is 13.0 Å². The molecule has 16 heavy (non-hydrogen) atoms. The van der Waals surface area contributed by atoms with Crippen molar-refractivity contribution in [2.75, 3.05) is 12.0 Å². The van der Waals surface area contributed by atoms with Crippen LogP contribution >= 0.6 is 27.7 Å². The third-order valence-electron chi connectivity index (χ3n) is 1.97. The molecule has 1 aromatic carbocycles. The zero-order valence-electron chi connectivity index (χ0n) is 9.09. The zero-order valence-corrected chi connectivity index (χ0v) is 11.5. The normalized spacial score (nSPS) is 12.2. The summed E-state index contributed by atoms with van der Waals surface area (Å²) in [5.41, 5.74) is 0.327. The average Bonchev–Trinajstić information content (AvgIpc) is 2.21. The van der Waals surface area contributed by atoms with Gasteiger partial charge < -0.3 is 5.32 Å². The Labute approximate surface area is 107 Å². The summed E-state index contributed by atoms with van der Waals surface area (Å²) < 4.78 is 13.6.